The lowest BCUT2D eigenvalue weighted by Crippen LogP contribution is -2.45. The van der Waals surface area contributed by atoms with Crippen molar-refractivity contribution in [3.63, 3.8) is 0 Å². The Balaban J connectivity index is 0.981. The van der Waals surface area contributed by atoms with Gasteiger partial charge in [0.25, 0.3) is 15.9 Å². The first kappa shape index (κ1) is 36.2. The van der Waals surface area contributed by atoms with Crippen LogP contribution in [0.2, 0.25) is 5.15 Å². The monoisotopic (exact) mass is 729 g/mol. The second kappa shape index (κ2) is 14.2. The van der Waals surface area contributed by atoms with Gasteiger partial charge in [-0.2, -0.15) is 13.5 Å². The summed E-state index contributed by atoms with van der Waals surface area (Å²) in [6, 6.07) is 6.03. The van der Waals surface area contributed by atoms with Crippen LogP contribution in [0.3, 0.4) is 0 Å². The van der Waals surface area contributed by atoms with Gasteiger partial charge in [0.05, 0.1) is 12.2 Å². The molecule has 2 saturated carbocycles. The number of carbonyl (C=O) groups is 2. The molecule has 272 valence electrons. The molecule has 1 saturated heterocycles. The van der Waals surface area contributed by atoms with Crippen molar-refractivity contribution in [2.75, 3.05) is 13.2 Å². The number of amides is 2. The van der Waals surface area contributed by atoms with Crippen molar-refractivity contribution in [1.29, 1.82) is 0 Å². The molecule has 0 spiro atoms. The molecule has 15 heteroatoms. The van der Waals surface area contributed by atoms with E-state index >= 15 is 0 Å². The fraction of sp³-hybridized carbons (Fsp3) is 0.629. The van der Waals surface area contributed by atoms with Crippen LogP contribution in [0.25, 0.3) is 5.82 Å². The van der Waals surface area contributed by atoms with Crippen molar-refractivity contribution in [1.82, 2.24) is 34.2 Å². The molecule has 0 aromatic carbocycles. The Morgan fingerprint density at radius 1 is 1.06 bits per heavy atom. The normalized spacial score (nSPS) is 19.2. The molecular weight excluding hydrogens is 682 g/mol. The molecule has 3 fully saturated rings. The maximum absolute atomic E-state index is 13.0. The van der Waals surface area contributed by atoms with Crippen LogP contribution >= 0.6 is 11.6 Å². The summed E-state index contributed by atoms with van der Waals surface area (Å²) in [6.45, 7) is 11.3. The highest BCUT2D eigenvalue weighted by atomic mass is 35.5. The van der Waals surface area contributed by atoms with E-state index in [4.69, 9.17) is 21.1 Å². The summed E-state index contributed by atoms with van der Waals surface area (Å²) < 4.78 is 42.7. The van der Waals surface area contributed by atoms with E-state index in [0.717, 1.165) is 43.4 Å². The quantitative estimate of drug-likeness (QED) is 0.190. The molecule has 13 nitrogen and oxygen atoms in total. The third-order valence-electron chi connectivity index (χ3n) is 9.73. The summed E-state index contributed by atoms with van der Waals surface area (Å²) in [4.78, 5) is 31.8. The van der Waals surface area contributed by atoms with Gasteiger partial charge in [0.1, 0.15) is 10.8 Å². The van der Waals surface area contributed by atoms with Crippen LogP contribution in [0.15, 0.2) is 41.7 Å². The molecule has 1 N–H and O–H groups in total. The maximum Gasteiger partial charge on any atom is 0.410 e. The van der Waals surface area contributed by atoms with Crippen LogP contribution in [0, 0.1) is 23.7 Å². The number of sulfonamides is 1. The topological polar surface area (TPSA) is 151 Å². The Morgan fingerprint density at radius 3 is 2.44 bits per heavy atom. The number of aryl methyl sites for hydroxylation is 1. The summed E-state index contributed by atoms with van der Waals surface area (Å²) in [7, 11) is -4.28. The number of rotatable bonds is 14. The minimum absolute atomic E-state index is 0.104. The number of hydrogen-bond acceptors (Lipinski definition) is 9. The number of ether oxygens (including phenoxy) is 2. The number of likely N-dealkylation sites (tertiary alicyclic amines) is 1. The summed E-state index contributed by atoms with van der Waals surface area (Å²) in [5.74, 6) is 2.69. The molecular formula is C35H48ClN7O6S. The Bertz CT molecular complexity index is 1800. The Morgan fingerprint density at radius 2 is 1.78 bits per heavy atom. The standard InChI is InChI=1S/C35H48ClN7O6S/c1-34(2,3)49-33(45)42-22-23(21-35(42,4)5)7-6-17-41-18-15-30(39-41)50(46,47)40-32(44)27-12-13-28(37-31(27)36)43-19-14-29(38-43)48-20-16-26(24-8-9-24)25-10-11-25/h12-15,18-19,23-26H,6-11,16-17,20-22H2,1-5H3,(H,40,44). The maximum atomic E-state index is 13.0. The highest BCUT2D eigenvalue weighted by molar-refractivity contribution is 7.90. The van der Waals surface area contributed by atoms with Crippen LogP contribution < -0.4 is 9.46 Å². The highest BCUT2D eigenvalue weighted by Crippen LogP contribution is 2.50. The molecule has 50 heavy (non-hydrogen) atoms. The molecule has 3 aliphatic rings. The molecule has 1 atom stereocenters. The average molecular weight is 730 g/mol. The van der Waals surface area contributed by atoms with E-state index in [1.165, 1.54) is 53.2 Å². The molecule has 3 aromatic rings. The van der Waals surface area contributed by atoms with E-state index in [0.29, 0.717) is 31.4 Å². The van der Waals surface area contributed by atoms with Crippen molar-refractivity contribution in [3.05, 3.63) is 47.4 Å². The average Bonchev–Trinajstić information content (AvgIpc) is 3.92. The zero-order chi connectivity index (χ0) is 35.8. The summed E-state index contributed by atoms with van der Waals surface area (Å²) in [6.07, 6.45) is 11.8. The highest BCUT2D eigenvalue weighted by Gasteiger charge is 2.43. The van der Waals surface area contributed by atoms with Gasteiger partial charge in [-0.15, -0.1) is 5.10 Å². The lowest BCUT2D eigenvalue weighted by molar-refractivity contribution is 0.0130. The molecule has 0 bridgehead atoms. The number of carbonyl (C=O) groups excluding carboxylic acids is 2. The lowest BCUT2D eigenvalue weighted by Gasteiger charge is -2.33. The molecule has 1 unspecified atom stereocenters. The summed E-state index contributed by atoms with van der Waals surface area (Å²) in [5.41, 5.74) is -0.985. The van der Waals surface area contributed by atoms with Crippen molar-refractivity contribution in [2.24, 2.45) is 23.7 Å². The molecule has 1 aliphatic heterocycles. The predicted octanol–water partition coefficient (Wildman–Crippen LogP) is 6.26. The number of nitrogens with one attached hydrogen (secondary N) is 1. The molecule has 4 heterocycles. The van der Waals surface area contributed by atoms with E-state index < -0.39 is 21.5 Å². The second-order valence-electron chi connectivity index (χ2n) is 15.5. The Hall–Kier alpha value is -3.65. The fourth-order valence-electron chi connectivity index (χ4n) is 7.04. The number of hydrogen-bond donors (Lipinski definition) is 1. The largest absolute Gasteiger partial charge is 0.477 e. The SMILES string of the molecule is CC(C)(C)OC(=O)N1CC(CCCn2ccc(S(=O)(=O)NC(=O)c3ccc(-n4ccc(OCCC(C5CC5)C5CC5)n4)nc3Cl)n2)CC1(C)C. The fourth-order valence-corrected chi connectivity index (χ4v) is 8.19. The third kappa shape index (κ3) is 8.98. The van der Waals surface area contributed by atoms with Crippen molar-refractivity contribution >= 4 is 33.6 Å². The van der Waals surface area contributed by atoms with Crippen LogP contribution in [0.4, 0.5) is 4.79 Å². The molecule has 2 amide bonds. The summed E-state index contributed by atoms with van der Waals surface area (Å²) in [5, 5.41) is 8.17. The van der Waals surface area contributed by atoms with Crippen LogP contribution in [-0.2, 0) is 21.3 Å². The van der Waals surface area contributed by atoms with Gasteiger partial charge in [-0.25, -0.2) is 19.2 Å². The van der Waals surface area contributed by atoms with Crippen LogP contribution in [0.5, 0.6) is 5.88 Å². The van der Waals surface area contributed by atoms with Gasteiger partial charge in [-0.1, -0.05) is 11.6 Å². The predicted molar refractivity (Wildman–Crippen MR) is 187 cm³/mol. The van der Waals surface area contributed by atoms with Crippen molar-refractivity contribution in [2.45, 2.75) is 109 Å². The van der Waals surface area contributed by atoms with E-state index in [1.54, 1.807) is 23.4 Å². The minimum atomic E-state index is -4.28. The Kier molecular flexibility index (Phi) is 10.2. The van der Waals surface area contributed by atoms with Gasteiger partial charge < -0.3 is 14.4 Å². The second-order valence-corrected chi connectivity index (χ2v) is 17.5. The number of halogens is 1. The molecule has 2 aliphatic carbocycles. The van der Waals surface area contributed by atoms with Gasteiger partial charge in [0.15, 0.2) is 10.8 Å². The smallest absolute Gasteiger partial charge is 0.410 e. The number of nitrogens with zero attached hydrogens (tertiary/aromatic N) is 6. The molecule has 6 rings (SSSR count). The van der Waals surface area contributed by atoms with Crippen LogP contribution in [-0.4, -0.2) is 74.2 Å². The Labute approximate surface area is 299 Å². The lowest BCUT2D eigenvalue weighted by atomic mass is 9.93. The van der Waals surface area contributed by atoms with Gasteiger partial charge in [-0.05, 0) is 128 Å². The first-order valence-corrected chi connectivity index (χ1v) is 19.4. The van der Waals surface area contributed by atoms with Gasteiger partial charge >= 0.3 is 6.09 Å². The van der Waals surface area contributed by atoms with Gasteiger partial charge in [0.2, 0.25) is 5.88 Å². The number of aromatic nitrogens is 5. The van der Waals surface area contributed by atoms with Crippen molar-refractivity contribution < 1.29 is 27.5 Å². The van der Waals surface area contributed by atoms with E-state index in [-0.39, 0.29) is 33.3 Å². The zero-order valence-electron chi connectivity index (χ0n) is 29.5. The molecule has 0 radical (unpaired) electrons. The van der Waals surface area contributed by atoms with E-state index in [1.807, 2.05) is 39.3 Å². The van der Waals surface area contributed by atoms with E-state index in [9.17, 15) is 18.0 Å². The zero-order valence-corrected chi connectivity index (χ0v) is 31.0. The third-order valence-corrected chi connectivity index (χ3v) is 11.2. The molecule has 3 aromatic heterocycles. The number of pyridine rings is 1. The van der Waals surface area contributed by atoms with E-state index in [2.05, 4.69) is 15.2 Å². The minimum Gasteiger partial charge on any atom is -0.477 e. The first-order chi connectivity index (χ1) is 23.6. The van der Waals surface area contributed by atoms with Crippen molar-refractivity contribution in [3.8, 4) is 11.7 Å². The van der Waals surface area contributed by atoms with Gasteiger partial charge in [-0.3, -0.25) is 9.48 Å². The summed E-state index contributed by atoms with van der Waals surface area (Å²) >= 11 is 6.34. The van der Waals surface area contributed by atoms with Gasteiger partial charge in [0, 0.05) is 37.1 Å². The first-order valence-electron chi connectivity index (χ1n) is 17.5. The van der Waals surface area contributed by atoms with Crippen LogP contribution in [0.1, 0.15) is 96.3 Å².